The van der Waals surface area contributed by atoms with Crippen LogP contribution in [0.2, 0.25) is 0 Å². The summed E-state index contributed by atoms with van der Waals surface area (Å²) in [6.07, 6.45) is -1.57. The van der Waals surface area contributed by atoms with Crippen molar-refractivity contribution in [1.29, 1.82) is 0 Å². The number of nitrogens with one attached hydrogen (secondary N) is 1. The zero-order valence-electron chi connectivity index (χ0n) is 21.6. The molecule has 5 atom stereocenters. The number of epoxide rings is 1. The van der Waals surface area contributed by atoms with E-state index >= 15 is 0 Å². The topological polar surface area (TPSA) is 149 Å². The Balaban J connectivity index is 1.62. The molecule has 1 fully saturated rings. The van der Waals surface area contributed by atoms with Crippen molar-refractivity contribution in [2.24, 2.45) is 23.5 Å². The molecule has 1 amide bonds. The number of phenols is 1. The normalized spacial score (nSPS) is 29.9. The molecule has 11 heteroatoms. The van der Waals surface area contributed by atoms with E-state index in [1.165, 1.54) is 0 Å². The molecule has 0 aromatic heterocycles. The van der Waals surface area contributed by atoms with Crippen LogP contribution in [0.5, 0.6) is 5.75 Å². The van der Waals surface area contributed by atoms with Crippen LogP contribution in [0.4, 0.5) is 14.5 Å². The fraction of sp³-hybridized carbons (Fsp3) is 0.556. The minimum Gasteiger partial charge on any atom is -0.512 e. The van der Waals surface area contributed by atoms with Gasteiger partial charge in [-0.1, -0.05) is 6.92 Å². The van der Waals surface area contributed by atoms with Gasteiger partial charge in [0.1, 0.15) is 22.9 Å². The number of hydrogen-bond acceptors (Lipinski definition) is 8. The number of carbonyl (C=O) groups excluding carboxylic acids is 2. The van der Waals surface area contributed by atoms with Gasteiger partial charge < -0.3 is 36.0 Å². The molecule has 0 bridgehead atoms. The molecule has 1 heterocycles. The van der Waals surface area contributed by atoms with Gasteiger partial charge in [0, 0.05) is 43.9 Å². The second kappa shape index (κ2) is 9.23. The van der Waals surface area contributed by atoms with Crippen LogP contribution in [-0.2, 0) is 22.5 Å². The van der Waals surface area contributed by atoms with Crippen molar-refractivity contribution in [1.82, 2.24) is 5.32 Å². The molecule has 206 valence electrons. The fourth-order valence-electron chi connectivity index (χ4n) is 7.04. The average Bonchev–Trinajstić information content (AvgIpc) is 3.52. The van der Waals surface area contributed by atoms with E-state index in [9.17, 15) is 33.7 Å². The number of benzene rings is 1. The molecule has 6 N–H and O–H groups in total. The number of amides is 1. The van der Waals surface area contributed by atoms with E-state index in [0.29, 0.717) is 36.1 Å². The lowest BCUT2D eigenvalue weighted by atomic mass is 9.58. The van der Waals surface area contributed by atoms with Crippen molar-refractivity contribution in [2.75, 3.05) is 25.5 Å². The molecule has 1 aromatic carbocycles. The molecule has 1 aliphatic heterocycles. The number of phenolic OH excluding ortho intramolecular Hbond substituents is 1. The summed E-state index contributed by atoms with van der Waals surface area (Å²) in [4.78, 5) is 28.2. The van der Waals surface area contributed by atoms with Crippen LogP contribution in [0.1, 0.15) is 47.7 Å². The van der Waals surface area contributed by atoms with Crippen LogP contribution in [0.25, 0.3) is 0 Å². The number of hydrogen-bond donors (Lipinski definition) is 5. The van der Waals surface area contributed by atoms with Gasteiger partial charge in [0.2, 0.25) is 0 Å². The van der Waals surface area contributed by atoms with Crippen LogP contribution in [0.3, 0.4) is 0 Å². The second-order valence-corrected chi connectivity index (χ2v) is 10.9. The van der Waals surface area contributed by atoms with E-state index < -0.39 is 42.3 Å². The van der Waals surface area contributed by atoms with Gasteiger partial charge in [0.05, 0.1) is 29.7 Å². The van der Waals surface area contributed by atoms with Crippen LogP contribution in [0, 0.1) is 17.8 Å². The maximum Gasteiger partial charge on any atom is 0.251 e. The Kier molecular flexibility index (Phi) is 6.42. The van der Waals surface area contributed by atoms with E-state index in [-0.39, 0.29) is 58.8 Å². The maximum absolute atomic E-state index is 14.0. The average molecular weight is 534 g/mol. The third kappa shape index (κ3) is 3.78. The van der Waals surface area contributed by atoms with Gasteiger partial charge >= 0.3 is 0 Å². The Bertz CT molecular complexity index is 1280. The molecule has 5 rings (SSSR count). The molecule has 4 unspecified atom stereocenters. The van der Waals surface area contributed by atoms with E-state index in [1.807, 2.05) is 6.92 Å². The predicted octanol–water partition coefficient (Wildman–Crippen LogP) is 2.86. The highest BCUT2D eigenvalue weighted by Crippen LogP contribution is 2.63. The van der Waals surface area contributed by atoms with E-state index in [0.717, 1.165) is 0 Å². The largest absolute Gasteiger partial charge is 0.512 e. The van der Waals surface area contributed by atoms with Gasteiger partial charge in [-0.3, -0.25) is 9.59 Å². The van der Waals surface area contributed by atoms with Gasteiger partial charge in [-0.15, -0.1) is 0 Å². The van der Waals surface area contributed by atoms with Gasteiger partial charge in [-0.25, -0.2) is 8.78 Å². The molecule has 0 saturated carbocycles. The van der Waals surface area contributed by atoms with Crippen LogP contribution >= 0.6 is 0 Å². The zero-order valence-corrected chi connectivity index (χ0v) is 21.6. The summed E-state index contributed by atoms with van der Waals surface area (Å²) in [5, 5.41) is 36.2. The molecule has 3 aliphatic carbocycles. The summed E-state index contributed by atoms with van der Waals surface area (Å²) in [6, 6.07) is 1.69. The molecule has 38 heavy (non-hydrogen) atoms. The number of fused-ring (bicyclic) bond motifs is 4. The summed E-state index contributed by atoms with van der Waals surface area (Å²) in [6.45, 7) is 1.22. The molecule has 0 radical (unpaired) electrons. The van der Waals surface area contributed by atoms with E-state index in [1.54, 1.807) is 25.1 Å². The molecule has 1 aromatic rings. The number of carbonyl (C=O) groups is 2. The molecule has 9 nitrogen and oxygen atoms in total. The summed E-state index contributed by atoms with van der Waals surface area (Å²) in [5.74, 6) is -3.41. The van der Waals surface area contributed by atoms with E-state index in [2.05, 4.69) is 5.32 Å². The highest BCUT2D eigenvalue weighted by molar-refractivity contribution is 6.14. The standard InChI is InChI=1S/C27H33F2N3O6/c1-4-17-27(38-17)21-12(8-16(33)22(27)26(30)37)5-11-6-14-15(32(2)3)7-13(9-31-10-18(28)29)23(34)20(14)24(35)19(11)25(21)36/h7,11-12,17-18,21,31,33-34,36H,4-6,8-10H2,1-3H3,(H2,30,37)/t11?,12?,17?,21?,27-/m1/s1. The van der Waals surface area contributed by atoms with Gasteiger partial charge in [-0.05, 0) is 42.7 Å². The minimum atomic E-state index is -2.57. The first-order valence-electron chi connectivity index (χ1n) is 12.9. The molecular formula is C27H33F2N3O6. The Labute approximate surface area is 218 Å². The molecule has 1 spiro atoms. The summed E-state index contributed by atoms with van der Waals surface area (Å²) >= 11 is 0. The number of rotatable bonds is 7. The Morgan fingerprint density at radius 2 is 2.00 bits per heavy atom. The number of ether oxygens (including phenoxy) is 1. The highest BCUT2D eigenvalue weighted by atomic mass is 19.3. The van der Waals surface area contributed by atoms with Crippen molar-refractivity contribution in [3.05, 3.63) is 45.4 Å². The molecule has 1 saturated heterocycles. The number of aliphatic hydroxyl groups is 2. The number of aliphatic hydroxyl groups excluding tert-OH is 2. The number of anilines is 1. The Morgan fingerprint density at radius 3 is 2.58 bits per heavy atom. The van der Waals surface area contributed by atoms with Crippen molar-refractivity contribution < 1.29 is 38.4 Å². The summed E-state index contributed by atoms with van der Waals surface area (Å²) in [7, 11) is 3.59. The highest BCUT2D eigenvalue weighted by Gasteiger charge is 2.71. The zero-order chi connectivity index (χ0) is 27.7. The smallest absolute Gasteiger partial charge is 0.251 e. The number of aromatic hydroxyl groups is 1. The van der Waals surface area contributed by atoms with Crippen LogP contribution < -0.4 is 16.0 Å². The van der Waals surface area contributed by atoms with Crippen molar-refractivity contribution in [3.8, 4) is 5.75 Å². The Hall–Kier alpha value is -3.18. The molecule has 4 aliphatic rings. The lowest BCUT2D eigenvalue weighted by Crippen LogP contribution is -2.49. The maximum atomic E-state index is 14.0. The molecular weight excluding hydrogens is 500 g/mol. The summed E-state index contributed by atoms with van der Waals surface area (Å²) in [5.41, 5.74) is 6.07. The number of nitrogens with zero attached hydrogens (tertiary/aromatic N) is 1. The quantitative estimate of drug-likeness (QED) is 0.336. The first kappa shape index (κ1) is 26.4. The van der Waals surface area contributed by atoms with Crippen LogP contribution in [0.15, 0.2) is 28.7 Å². The van der Waals surface area contributed by atoms with Crippen molar-refractivity contribution >= 4 is 17.4 Å². The lowest BCUT2D eigenvalue weighted by molar-refractivity contribution is -0.116. The first-order valence-corrected chi connectivity index (χ1v) is 12.9. The number of nitrogens with two attached hydrogens (primary N) is 1. The number of allylic oxidation sites excluding steroid dienone is 2. The predicted molar refractivity (Wildman–Crippen MR) is 134 cm³/mol. The monoisotopic (exact) mass is 533 g/mol. The number of Topliss-reactive ketones (excluding diaryl/α,β-unsaturated/α-hetero) is 1. The third-order valence-electron chi connectivity index (χ3n) is 8.49. The number of primary amides is 1. The number of halogens is 2. The lowest BCUT2D eigenvalue weighted by Gasteiger charge is -2.45. The second-order valence-electron chi connectivity index (χ2n) is 10.9. The first-order chi connectivity index (χ1) is 17.9. The third-order valence-corrected chi connectivity index (χ3v) is 8.49. The van der Waals surface area contributed by atoms with Crippen LogP contribution in [-0.4, -0.2) is 65.8 Å². The minimum absolute atomic E-state index is 0.0448. The SMILES string of the molecule is CCC1O[C@]12C(C(N)=O)=C(O)CC1CC3Cc4c(N(C)C)cc(CNCC(F)F)c(O)c4C(=O)C3=C(O)C12. The van der Waals surface area contributed by atoms with Gasteiger partial charge in [0.15, 0.2) is 5.78 Å². The van der Waals surface area contributed by atoms with Crippen molar-refractivity contribution in [2.45, 2.75) is 57.3 Å². The Morgan fingerprint density at radius 1 is 1.29 bits per heavy atom. The van der Waals surface area contributed by atoms with Gasteiger partial charge in [-0.2, -0.15) is 0 Å². The number of ketones is 1. The fourth-order valence-corrected chi connectivity index (χ4v) is 7.04. The number of alkyl halides is 2. The van der Waals surface area contributed by atoms with E-state index in [4.69, 9.17) is 10.5 Å². The van der Waals surface area contributed by atoms with Gasteiger partial charge in [0.25, 0.3) is 12.3 Å². The van der Waals surface area contributed by atoms with Crippen molar-refractivity contribution in [3.63, 3.8) is 0 Å². The summed E-state index contributed by atoms with van der Waals surface area (Å²) < 4.78 is 31.3.